The molecule has 0 bridgehead atoms. The smallest absolute Gasteiger partial charge is 0.248 e. The highest BCUT2D eigenvalue weighted by molar-refractivity contribution is 6.30. The molecule has 5 nitrogen and oxygen atoms in total. The number of carbonyl (C=O) groups is 2. The summed E-state index contributed by atoms with van der Waals surface area (Å²) in [6.45, 7) is 0. The number of ether oxygens (including phenoxy) is 1. The molecule has 0 heterocycles. The maximum atomic E-state index is 13.5. The van der Waals surface area contributed by atoms with Gasteiger partial charge in [0, 0.05) is 22.8 Å². The van der Waals surface area contributed by atoms with Gasteiger partial charge < -0.3 is 10.1 Å². The second-order valence-electron chi connectivity index (χ2n) is 7.40. The van der Waals surface area contributed by atoms with Gasteiger partial charge in [0.1, 0.15) is 17.7 Å². The van der Waals surface area contributed by atoms with Crippen LogP contribution in [-0.2, 0) is 9.59 Å². The van der Waals surface area contributed by atoms with Crippen molar-refractivity contribution in [2.24, 2.45) is 0 Å². The normalized spacial score (nSPS) is 15.3. The van der Waals surface area contributed by atoms with E-state index in [-0.39, 0.29) is 23.7 Å². The van der Waals surface area contributed by atoms with Gasteiger partial charge in [-0.1, -0.05) is 49.1 Å². The lowest BCUT2D eigenvalue weighted by Crippen LogP contribution is -2.47. The molecule has 3 rings (SSSR count). The molecule has 0 aromatic heterocycles. The van der Waals surface area contributed by atoms with Gasteiger partial charge >= 0.3 is 0 Å². The molecule has 1 saturated carbocycles. The Bertz CT molecular complexity index is 867. The second-order valence-corrected chi connectivity index (χ2v) is 8.10. The molecule has 30 heavy (non-hydrogen) atoms. The van der Waals surface area contributed by atoms with E-state index >= 15 is 0 Å². The predicted molar refractivity (Wildman–Crippen MR) is 120 cm³/mol. The van der Waals surface area contributed by atoms with Crippen LogP contribution in [0, 0.1) is 0 Å². The zero-order chi connectivity index (χ0) is 21.5. The molecule has 1 aliphatic rings. The van der Waals surface area contributed by atoms with E-state index in [1.807, 2.05) is 0 Å². The van der Waals surface area contributed by atoms with Gasteiger partial charge in [-0.25, -0.2) is 0 Å². The monoisotopic (exact) mass is 448 g/mol. The first-order valence-electron chi connectivity index (χ1n) is 10.1. The van der Waals surface area contributed by atoms with Crippen LogP contribution in [0.15, 0.2) is 48.5 Å². The molecule has 7 heteroatoms. The summed E-state index contributed by atoms with van der Waals surface area (Å²) in [5, 5.41) is 3.71. The maximum Gasteiger partial charge on any atom is 0.248 e. The number of halogens is 2. The van der Waals surface area contributed by atoms with E-state index in [2.05, 4.69) is 5.32 Å². The molecule has 2 aromatic carbocycles. The highest BCUT2D eigenvalue weighted by Crippen LogP contribution is 2.32. The standard InChI is InChI=1S/C23H26Cl2N2O3/c1-30-20-9-5-8-19(14-20)27(21(28)15-24)22(16-10-12-17(25)13-11-16)23(29)26-18-6-3-2-4-7-18/h5,8-14,18,22H,2-4,6-7,15H2,1H3,(H,26,29)/t22-/m1/s1. The van der Waals surface area contributed by atoms with Crippen LogP contribution in [0.4, 0.5) is 5.69 Å². The third-order valence-electron chi connectivity index (χ3n) is 5.36. The highest BCUT2D eigenvalue weighted by atomic mass is 35.5. The zero-order valence-electron chi connectivity index (χ0n) is 16.9. The van der Waals surface area contributed by atoms with Crippen LogP contribution in [0.1, 0.15) is 43.7 Å². The molecule has 160 valence electrons. The number of methoxy groups -OCH3 is 1. The van der Waals surface area contributed by atoms with Gasteiger partial charge in [-0.3, -0.25) is 14.5 Å². The van der Waals surface area contributed by atoms with Crippen molar-refractivity contribution in [3.63, 3.8) is 0 Å². The number of nitrogens with one attached hydrogen (secondary N) is 1. The number of nitrogens with zero attached hydrogens (tertiary/aromatic N) is 1. The fourth-order valence-corrected chi connectivity index (χ4v) is 4.11. The van der Waals surface area contributed by atoms with Crippen molar-refractivity contribution in [1.29, 1.82) is 0 Å². The largest absolute Gasteiger partial charge is 0.497 e. The Morgan fingerprint density at radius 3 is 2.47 bits per heavy atom. The SMILES string of the molecule is COc1cccc(N(C(=O)CCl)[C@@H](C(=O)NC2CCCCC2)c2ccc(Cl)cc2)c1. The third-order valence-corrected chi connectivity index (χ3v) is 5.84. The number of carbonyl (C=O) groups excluding carboxylic acids is 2. The summed E-state index contributed by atoms with van der Waals surface area (Å²) in [5.74, 6) is -0.269. The highest BCUT2D eigenvalue weighted by Gasteiger charge is 2.33. The molecule has 2 amide bonds. The third kappa shape index (κ3) is 5.46. The fraction of sp³-hybridized carbons (Fsp3) is 0.391. The number of amides is 2. The zero-order valence-corrected chi connectivity index (χ0v) is 18.5. The van der Waals surface area contributed by atoms with Gasteiger partial charge in [0.2, 0.25) is 11.8 Å². The minimum absolute atomic E-state index is 0.110. The molecular weight excluding hydrogens is 423 g/mol. The molecule has 0 saturated heterocycles. The molecular formula is C23H26Cl2N2O3. The summed E-state index contributed by atoms with van der Waals surface area (Å²) in [5.41, 5.74) is 1.20. The fourth-order valence-electron chi connectivity index (χ4n) is 3.85. The van der Waals surface area contributed by atoms with Crippen molar-refractivity contribution in [3.05, 3.63) is 59.1 Å². The van der Waals surface area contributed by atoms with E-state index in [9.17, 15) is 9.59 Å². The van der Waals surface area contributed by atoms with E-state index in [1.54, 1.807) is 55.6 Å². The molecule has 1 fully saturated rings. The van der Waals surface area contributed by atoms with Crippen LogP contribution in [0.3, 0.4) is 0 Å². The number of rotatable bonds is 7. The summed E-state index contributed by atoms with van der Waals surface area (Å²) in [4.78, 5) is 27.9. The van der Waals surface area contributed by atoms with E-state index < -0.39 is 6.04 Å². The second kappa shape index (κ2) is 10.7. The van der Waals surface area contributed by atoms with Gasteiger partial charge in [0.05, 0.1) is 7.11 Å². The Kier molecular flexibility index (Phi) is 8.00. The van der Waals surface area contributed by atoms with Crippen molar-refractivity contribution in [1.82, 2.24) is 5.32 Å². The molecule has 1 atom stereocenters. The average Bonchev–Trinajstić information content (AvgIpc) is 2.78. The number of hydrogen-bond donors (Lipinski definition) is 1. The van der Waals surface area contributed by atoms with Crippen LogP contribution in [0.25, 0.3) is 0 Å². The summed E-state index contributed by atoms with van der Waals surface area (Å²) in [6.07, 6.45) is 5.27. The van der Waals surface area contributed by atoms with Crippen molar-refractivity contribution in [3.8, 4) is 5.75 Å². The average molecular weight is 449 g/mol. The van der Waals surface area contributed by atoms with Gasteiger partial charge in [-0.05, 0) is 42.7 Å². The molecule has 0 unspecified atom stereocenters. The number of benzene rings is 2. The summed E-state index contributed by atoms with van der Waals surface area (Å²) < 4.78 is 5.31. The van der Waals surface area contributed by atoms with E-state index in [4.69, 9.17) is 27.9 Å². The topological polar surface area (TPSA) is 58.6 Å². The quantitative estimate of drug-likeness (QED) is 0.598. The van der Waals surface area contributed by atoms with Crippen LogP contribution >= 0.6 is 23.2 Å². The molecule has 2 aromatic rings. The van der Waals surface area contributed by atoms with Crippen molar-refractivity contribution >= 4 is 40.7 Å². The van der Waals surface area contributed by atoms with Crippen molar-refractivity contribution in [2.45, 2.75) is 44.2 Å². The molecule has 0 aliphatic heterocycles. The lowest BCUT2D eigenvalue weighted by molar-refractivity contribution is -0.126. The van der Waals surface area contributed by atoms with Gasteiger partial charge in [0.25, 0.3) is 0 Å². The minimum atomic E-state index is -0.873. The maximum absolute atomic E-state index is 13.5. The Hall–Kier alpha value is -2.24. The molecule has 1 aliphatic carbocycles. The Labute approximate surface area is 187 Å². The molecule has 0 spiro atoms. The van der Waals surface area contributed by atoms with Crippen LogP contribution < -0.4 is 15.0 Å². The number of hydrogen-bond acceptors (Lipinski definition) is 3. The first kappa shape index (κ1) is 22.4. The van der Waals surface area contributed by atoms with Gasteiger partial charge in [-0.2, -0.15) is 0 Å². The van der Waals surface area contributed by atoms with E-state index in [0.717, 1.165) is 25.7 Å². The number of alkyl halides is 1. The molecule has 1 N–H and O–H groups in total. The number of anilines is 1. The van der Waals surface area contributed by atoms with E-state index in [0.29, 0.717) is 22.0 Å². The lowest BCUT2D eigenvalue weighted by Gasteiger charge is -2.33. The van der Waals surface area contributed by atoms with Crippen LogP contribution in [-0.4, -0.2) is 30.8 Å². The van der Waals surface area contributed by atoms with Gasteiger partial charge in [-0.15, -0.1) is 11.6 Å². The predicted octanol–water partition coefficient (Wildman–Crippen LogP) is 5.11. The van der Waals surface area contributed by atoms with Crippen molar-refractivity contribution < 1.29 is 14.3 Å². The van der Waals surface area contributed by atoms with E-state index in [1.165, 1.54) is 11.3 Å². The Balaban J connectivity index is 2.02. The first-order valence-corrected chi connectivity index (χ1v) is 11.0. The van der Waals surface area contributed by atoms with Gasteiger partial charge in [0.15, 0.2) is 0 Å². The van der Waals surface area contributed by atoms with Crippen molar-refractivity contribution in [2.75, 3.05) is 17.9 Å². The molecule has 0 radical (unpaired) electrons. The van der Waals surface area contributed by atoms with Crippen LogP contribution in [0.2, 0.25) is 5.02 Å². The summed E-state index contributed by atoms with van der Waals surface area (Å²) in [7, 11) is 1.55. The Morgan fingerprint density at radius 1 is 1.13 bits per heavy atom. The minimum Gasteiger partial charge on any atom is -0.497 e. The Morgan fingerprint density at radius 2 is 1.83 bits per heavy atom. The van der Waals surface area contributed by atoms with Crippen LogP contribution in [0.5, 0.6) is 5.75 Å². The lowest BCUT2D eigenvalue weighted by atomic mass is 9.94. The first-order chi connectivity index (χ1) is 14.5. The summed E-state index contributed by atoms with van der Waals surface area (Å²) in [6, 6.07) is 13.3. The summed E-state index contributed by atoms with van der Waals surface area (Å²) >= 11 is 12.0.